The SMILES string of the molecule is Cc1ccccc1NC(=S)NCCCN(C)c1ccccc1. The second-order valence-electron chi connectivity index (χ2n) is 5.31. The number of anilines is 2. The van der Waals surface area contributed by atoms with Crippen LogP contribution >= 0.6 is 12.2 Å². The van der Waals surface area contributed by atoms with Crippen LogP contribution in [0.2, 0.25) is 0 Å². The highest BCUT2D eigenvalue weighted by Gasteiger charge is 2.01. The Hall–Kier alpha value is -2.07. The van der Waals surface area contributed by atoms with Crippen molar-refractivity contribution in [2.75, 3.05) is 30.4 Å². The molecule has 0 fully saturated rings. The molecule has 0 spiro atoms. The Kier molecular flexibility index (Phi) is 6.22. The van der Waals surface area contributed by atoms with E-state index < -0.39 is 0 Å². The van der Waals surface area contributed by atoms with E-state index in [1.807, 2.05) is 24.3 Å². The first-order valence-corrected chi connectivity index (χ1v) is 7.94. The molecule has 22 heavy (non-hydrogen) atoms. The maximum absolute atomic E-state index is 5.33. The second-order valence-corrected chi connectivity index (χ2v) is 5.71. The van der Waals surface area contributed by atoms with Crippen LogP contribution in [0.3, 0.4) is 0 Å². The minimum atomic E-state index is 0.677. The summed E-state index contributed by atoms with van der Waals surface area (Å²) in [4.78, 5) is 2.25. The van der Waals surface area contributed by atoms with Gasteiger partial charge in [-0.25, -0.2) is 0 Å². The van der Waals surface area contributed by atoms with Crippen LogP contribution in [-0.4, -0.2) is 25.2 Å². The van der Waals surface area contributed by atoms with Gasteiger partial charge in [0.05, 0.1) is 0 Å². The predicted molar refractivity (Wildman–Crippen MR) is 99.7 cm³/mol. The van der Waals surface area contributed by atoms with Gasteiger partial charge in [0.25, 0.3) is 0 Å². The highest BCUT2D eigenvalue weighted by atomic mass is 32.1. The van der Waals surface area contributed by atoms with Gasteiger partial charge in [0.15, 0.2) is 5.11 Å². The van der Waals surface area contributed by atoms with Crippen LogP contribution in [0.5, 0.6) is 0 Å². The largest absolute Gasteiger partial charge is 0.375 e. The Morgan fingerprint density at radius 1 is 1.05 bits per heavy atom. The van der Waals surface area contributed by atoms with Crippen LogP contribution < -0.4 is 15.5 Å². The fraction of sp³-hybridized carbons (Fsp3) is 0.278. The van der Waals surface area contributed by atoms with E-state index >= 15 is 0 Å². The fourth-order valence-corrected chi connectivity index (χ4v) is 2.42. The number of hydrogen-bond donors (Lipinski definition) is 2. The topological polar surface area (TPSA) is 27.3 Å². The summed E-state index contributed by atoms with van der Waals surface area (Å²) in [6.45, 7) is 3.92. The molecular weight excluding hydrogens is 290 g/mol. The van der Waals surface area contributed by atoms with Gasteiger partial charge in [-0.05, 0) is 49.3 Å². The zero-order valence-corrected chi connectivity index (χ0v) is 14.0. The van der Waals surface area contributed by atoms with Crippen LogP contribution in [0.1, 0.15) is 12.0 Å². The molecule has 0 unspecified atom stereocenters. The zero-order valence-electron chi connectivity index (χ0n) is 13.2. The molecule has 0 aliphatic carbocycles. The molecule has 0 bridgehead atoms. The Morgan fingerprint density at radius 3 is 2.45 bits per heavy atom. The highest BCUT2D eigenvalue weighted by Crippen LogP contribution is 2.13. The summed E-state index contributed by atoms with van der Waals surface area (Å²) in [7, 11) is 2.11. The van der Waals surface area contributed by atoms with Crippen molar-refractivity contribution in [1.29, 1.82) is 0 Å². The first-order valence-electron chi connectivity index (χ1n) is 7.53. The number of aryl methyl sites for hydroxylation is 1. The normalized spacial score (nSPS) is 10.1. The molecule has 0 saturated carbocycles. The number of benzene rings is 2. The predicted octanol–water partition coefficient (Wildman–Crippen LogP) is 3.81. The average molecular weight is 313 g/mol. The Labute approximate surface area is 138 Å². The molecule has 0 amide bonds. The van der Waals surface area contributed by atoms with E-state index in [0.29, 0.717) is 5.11 Å². The van der Waals surface area contributed by atoms with Gasteiger partial charge in [0, 0.05) is 31.5 Å². The van der Waals surface area contributed by atoms with Crippen molar-refractivity contribution < 1.29 is 0 Å². The first-order chi connectivity index (χ1) is 10.7. The van der Waals surface area contributed by atoms with Crippen molar-refractivity contribution in [3.63, 3.8) is 0 Å². The van der Waals surface area contributed by atoms with Crippen molar-refractivity contribution in [3.8, 4) is 0 Å². The number of hydrogen-bond acceptors (Lipinski definition) is 2. The minimum absolute atomic E-state index is 0.677. The fourth-order valence-electron chi connectivity index (χ4n) is 2.21. The summed E-state index contributed by atoms with van der Waals surface area (Å²) in [5.74, 6) is 0. The summed E-state index contributed by atoms with van der Waals surface area (Å²) < 4.78 is 0. The standard InChI is InChI=1S/C18H23N3S/c1-15-9-6-7-12-17(15)20-18(22)19-13-8-14-21(2)16-10-4-3-5-11-16/h3-7,9-12H,8,13-14H2,1-2H3,(H2,19,20,22). The molecule has 0 radical (unpaired) electrons. The van der Waals surface area contributed by atoms with Gasteiger partial charge < -0.3 is 15.5 Å². The van der Waals surface area contributed by atoms with Gasteiger partial charge in [0.2, 0.25) is 0 Å². The van der Waals surface area contributed by atoms with E-state index in [2.05, 4.69) is 59.8 Å². The summed E-state index contributed by atoms with van der Waals surface area (Å²) in [5.41, 5.74) is 3.49. The van der Waals surface area contributed by atoms with Gasteiger partial charge in [-0.3, -0.25) is 0 Å². The van der Waals surface area contributed by atoms with E-state index in [4.69, 9.17) is 12.2 Å². The van der Waals surface area contributed by atoms with Crippen LogP contribution in [0.4, 0.5) is 11.4 Å². The van der Waals surface area contributed by atoms with Crippen molar-refractivity contribution in [2.24, 2.45) is 0 Å². The average Bonchev–Trinajstić information content (AvgIpc) is 2.54. The molecule has 0 saturated heterocycles. The molecule has 116 valence electrons. The van der Waals surface area contributed by atoms with Gasteiger partial charge in [-0.15, -0.1) is 0 Å². The lowest BCUT2D eigenvalue weighted by Crippen LogP contribution is -2.31. The van der Waals surface area contributed by atoms with Gasteiger partial charge in [-0.1, -0.05) is 36.4 Å². The Bertz CT molecular complexity index is 598. The molecule has 0 aromatic heterocycles. The minimum Gasteiger partial charge on any atom is -0.375 e. The molecule has 0 heterocycles. The van der Waals surface area contributed by atoms with Crippen LogP contribution in [-0.2, 0) is 0 Å². The van der Waals surface area contributed by atoms with Crippen molar-refractivity contribution in [2.45, 2.75) is 13.3 Å². The molecule has 2 rings (SSSR count). The van der Waals surface area contributed by atoms with E-state index in [9.17, 15) is 0 Å². The number of nitrogens with zero attached hydrogens (tertiary/aromatic N) is 1. The molecule has 0 aliphatic heterocycles. The highest BCUT2D eigenvalue weighted by molar-refractivity contribution is 7.80. The summed E-state index contributed by atoms with van der Waals surface area (Å²) in [6.07, 6.45) is 1.03. The van der Waals surface area contributed by atoms with Crippen molar-refractivity contribution in [3.05, 3.63) is 60.2 Å². The number of rotatable bonds is 6. The lowest BCUT2D eigenvalue weighted by atomic mass is 10.2. The number of thiocarbonyl (C=S) groups is 1. The Balaban J connectivity index is 1.68. The molecule has 0 aliphatic rings. The summed E-state index contributed by atoms with van der Waals surface area (Å²) in [5, 5.41) is 7.17. The van der Waals surface area contributed by atoms with Gasteiger partial charge in [-0.2, -0.15) is 0 Å². The van der Waals surface area contributed by atoms with E-state index in [1.165, 1.54) is 11.3 Å². The van der Waals surface area contributed by atoms with E-state index in [0.717, 1.165) is 25.2 Å². The molecular formula is C18H23N3S. The third-order valence-electron chi connectivity index (χ3n) is 3.55. The van der Waals surface area contributed by atoms with Crippen LogP contribution in [0, 0.1) is 6.92 Å². The molecule has 2 aromatic rings. The zero-order chi connectivity index (χ0) is 15.8. The van der Waals surface area contributed by atoms with Crippen molar-refractivity contribution in [1.82, 2.24) is 5.32 Å². The lowest BCUT2D eigenvalue weighted by molar-refractivity contribution is 0.755. The first kappa shape index (κ1) is 16.3. The maximum atomic E-state index is 5.33. The van der Waals surface area contributed by atoms with Crippen LogP contribution in [0.25, 0.3) is 0 Å². The quantitative estimate of drug-likeness (QED) is 0.626. The molecule has 4 heteroatoms. The van der Waals surface area contributed by atoms with Gasteiger partial charge in [0.1, 0.15) is 0 Å². The lowest BCUT2D eigenvalue weighted by Gasteiger charge is -2.19. The van der Waals surface area contributed by atoms with E-state index in [-0.39, 0.29) is 0 Å². The summed E-state index contributed by atoms with van der Waals surface area (Å²) >= 11 is 5.33. The van der Waals surface area contributed by atoms with Crippen LogP contribution in [0.15, 0.2) is 54.6 Å². The molecule has 2 aromatic carbocycles. The third kappa shape index (κ3) is 5.04. The smallest absolute Gasteiger partial charge is 0.170 e. The van der Waals surface area contributed by atoms with Crippen molar-refractivity contribution >= 4 is 28.7 Å². The molecule has 2 N–H and O–H groups in total. The molecule has 0 atom stereocenters. The monoisotopic (exact) mass is 313 g/mol. The third-order valence-corrected chi connectivity index (χ3v) is 3.79. The number of para-hydroxylation sites is 2. The second kappa shape index (κ2) is 8.39. The maximum Gasteiger partial charge on any atom is 0.170 e. The van der Waals surface area contributed by atoms with Gasteiger partial charge >= 0.3 is 0 Å². The molecule has 3 nitrogen and oxygen atoms in total. The Morgan fingerprint density at radius 2 is 1.73 bits per heavy atom. The number of nitrogens with one attached hydrogen (secondary N) is 2. The van der Waals surface area contributed by atoms with E-state index in [1.54, 1.807) is 0 Å². The summed E-state index contributed by atoms with van der Waals surface area (Å²) in [6, 6.07) is 18.5.